The maximum atomic E-state index is 10.1. The van der Waals surface area contributed by atoms with Crippen molar-refractivity contribution in [3.8, 4) is 0 Å². The SMILES string of the molecule is OC(CS)C(O)c1ccc(N(c2ccccc2)c2ccccc2)cc1. The van der Waals surface area contributed by atoms with E-state index in [2.05, 4.69) is 41.8 Å². The Labute approximate surface area is 153 Å². The lowest BCUT2D eigenvalue weighted by Crippen LogP contribution is -2.19. The van der Waals surface area contributed by atoms with E-state index in [1.807, 2.05) is 60.7 Å². The highest BCUT2D eigenvalue weighted by molar-refractivity contribution is 7.80. The van der Waals surface area contributed by atoms with Gasteiger partial charge in [-0.05, 0) is 42.0 Å². The summed E-state index contributed by atoms with van der Waals surface area (Å²) in [5.41, 5.74) is 3.76. The topological polar surface area (TPSA) is 43.7 Å². The number of aliphatic hydroxyl groups is 2. The summed E-state index contributed by atoms with van der Waals surface area (Å²) in [4.78, 5) is 2.14. The number of anilines is 3. The first-order chi connectivity index (χ1) is 12.2. The van der Waals surface area contributed by atoms with Gasteiger partial charge in [-0.2, -0.15) is 12.6 Å². The van der Waals surface area contributed by atoms with Gasteiger partial charge in [0.2, 0.25) is 0 Å². The van der Waals surface area contributed by atoms with Crippen LogP contribution in [0.3, 0.4) is 0 Å². The first-order valence-corrected chi connectivity index (χ1v) is 8.81. The van der Waals surface area contributed by atoms with Gasteiger partial charge in [-0.1, -0.05) is 48.5 Å². The summed E-state index contributed by atoms with van der Waals surface area (Å²) in [6, 6.07) is 27.8. The van der Waals surface area contributed by atoms with Crippen molar-refractivity contribution < 1.29 is 10.2 Å². The lowest BCUT2D eigenvalue weighted by Gasteiger charge is -2.26. The molecule has 3 nitrogen and oxygen atoms in total. The fourth-order valence-corrected chi connectivity index (χ4v) is 2.94. The van der Waals surface area contributed by atoms with Gasteiger partial charge in [-0.3, -0.25) is 0 Å². The summed E-state index contributed by atoms with van der Waals surface area (Å²) >= 11 is 4.04. The maximum absolute atomic E-state index is 10.1. The van der Waals surface area contributed by atoms with Crippen LogP contribution < -0.4 is 4.90 Å². The van der Waals surface area contributed by atoms with Crippen LogP contribution in [0.5, 0.6) is 0 Å². The molecule has 0 saturated heterocycles. The normalized spacial score (nSPS) is 13.2. The van der Waals surface area contributed by atoms with Gasteiger partial charge in [0.15, 0.2) is 0 Å². The van der Waals surface area contributed by atoms with Gasteiger partial charge in [-0.15, -0.1) is 0 Å². The van der Waals surface area contributed by atoms with Gasteiger partial charge in [0.25, 0.3) is 0 Å². The van der Waals surface area contributed by atoms with Crippen LogP contribution in [-0.2, 0) is 0 Å². The van der Waals surface area contributed by atoms with E-state index >= 15 is 0 Å². The molecule has 3 rings (SSSR count). The van der Waals surface area contributed by atoms with Crippen molar-refractivity contribution in [1.82, 2.24) is 0 Å². The Hall–Kier alpha value is -2.27. The third-order valence-corrected chi connectivity index (χ3v) is 4.45. The van der Waals surface area contributed by atoms with E-state index in [1.165, 1.54) is 0 Å². The molecule has 0 saturated carbocycles. The van der Waals surface area contributed by atoms with E-state index in [0.717, 1.165) is 17.1 Å². The number of aliphatic hydroxyl groups excluding tert-OH is 2. The second-order valence-electron chi connectivity index (χ2n) is 5.79. The third kappa shape index (κ3) is 4.04. The van der Waals surface area contributed by atoms with Crippen LogP contribution in [0, 0.1) is 0 Å². The zero-order valence-electron chi connectivity index (χ0n) is 13.7. The number of benzene rings is 3. The average molecular weight is 351 g/mol. The van der Waals surface area contributed by atoms with Crippen molar-refractivity contribution in [2.45, 2.75) is 12.2 Å². The molecule has 0 aliphatic heterocycles. The second-order valence-corrected chi connectivity index (χ2v) is 6.16. The van der Waals surface area contributed by atoms with Crippen LogP contribution >= 0.6 is 12.6 Å². The molecule has 4 heteroatoms. The van der Waals surface area contributed by atoms with Crippen LogP contribution in [0.4, 0.5) is 17.1 Å². The molecule has 25 heavy (non-hydrogen) atoms. The Balaban J connectivity index is 1.97. The highest BCUT2D eigenvalue weighted by Gasteiger charge is 2.18. The second kappa shape index (κ2) is 8.21. The summed E-state index contributed by atoms with van der Waals surface area (Å²) in [7, 11) is 0. The predicted molar refractivity (Wildman–Crippen MR) is 106 cm³/mol. The Bertz CT molecular complexity index is 739. The van der Waals surface area contributed by atoms with Crippen molar-refractivity contribution in [3.05, 3.63) is 90.5 Å². The molecule has 0 aliphatic rings. The maximum Gasteiger partial charge on any atom is 0.106 e. The summed E-state index contributed by atoms with van der Waals surface area (Å²) in [6.45, 7) is 0. The number of hydrogen-bond acceptors (Lipinski definition) is 4. The number of thiol groups is 1. The summed E-state index contributed by atoms with van der Waals surface area (Å²) in [5.74, 6) is 0.211. The fourth-order valence-electron chi connectivity index (χ4n) is 2.74. The Morgan fingerprint density at radius 3 is 1.56 bits per heavy atom. The molecule has 0 spiro atoms. The molecule has 2 atom stereocenters. The zero-order chi connectivity index (χ0) is 17.6. The monoisotopic (exact) mass is 351 g/mol. The number of rotatable bonds is 6. The quantitative estimate of drug-likeness (QED) is 0.574. The van der Waals surface area contributed by atoms with E-state index in [4.69, 9.17) is 0 Å². The molecular formula is C21H21NO2S. The summed E-state index contributed by atoms with van der Waals surface area (Å²) < 4.78 is 0. The highest BCUT2D eigenvalue weighted by atomic mass is 32.1. The van der Waals surface area contributed by atoms with E-state index in [-0.39, 0.29) is 5.75 Å². The molecule has 0 fully saturated rings. The van der Waals surface area contributed by atoms with E-state index in [1.54, 1.807) is 0 Å². The summed E-state index contributed by atoms with van der Waals surface area (Å²) in [6.07, 6.45) is -1.82. The molecule has 0 aromatic heterocycles. The minimum atomic E-state index is -0.937. The van der Waals surface area contributed by atoms with Gasteiger partial charge >= 0.3 is 0 Å². The largest absolute Gasteiger partial charge is 0.389 e. The first-order valence-electron chi connectivity index (χ1n) is 8.18. The van der Waals surface area contributed by atoms with Crippen LogP contribution in [-0.4, -0.2) is 22.1 Å². The molecular weight excluding hydrogens is 330 g/mol. The molecule has 0 bridgehead atoms. The van der Waals surface area contributed by atoms with Gasteiger partial charge in [0.1, 0.15) is 6.10 Å². The lowest BCUT2D eigenvalue weighted by atomic mass is 10.0. The number of para-hydroxylation sites is 2. The first kappa shape index (κ1) is 17.5. The van der Waals surface area contributed by atoms with Crippen LogP contribution in [0.15, 0.2) is 84.9 Å². The van der Waals surface area contributed by atoms with Crippen molar-refractivity contribution in [1.29, 1.82) is 0 Å². The van der Waals surface area contributed by atoms with Crippen molar-refractivity contribution in [2.75, 3.05) is 10.7 Å². The Morgan fingerprint density at radius 2 is 1.12 bits per heavy atom. The van der Waals surface area contributed by atoms with E-state index in [9.17, 15) is 10.2 Å². The van der Waals surface area contributed by atoms with Crippen LogP contribution in [0.2, 0.25) is 0 Å². The number of hydrogen-bond donors (Lipinski definition) is 3. The smallest absolute Gasteiger partial charge is 0.106 e. The van der Waals surface area contributed by atoms with Crippen LogP contribution in [0.1, 0.15) is 11.7 Å². The van der Waals surface area contributed by atoms with Gasteiger partial charge in [0, 0.05) is 22.8 Å². The molecule has 0 radical (unpaired) electrons. The van der Waals surface area contributed by atoms with E-state index in [0.29, 0.717) is 5.56 Å². The van der Waals surface area contributed by atoms with Gasteiger partial charge < -0.3 is 15.1 Å². The standard InChI is InChI=1S/C21H21NO2S/c23-20(15-25)21(24)16-11-13-19(14-12-16)22(17-7-3-1-4-8-17)18-9-5-2-6-10-18/h1-14,20-21,23-25H,15H2. The minimum Gasteiger partial charge on any atom is -0.389 e. The van der Waals surface area contributed by atoms with Crippen molar-refractivity contribution >= 4 is 29.7 Å². The third-order valence-electron chi connectivity index (χ3n) is 4.07. The molecule has 0 aliphatic carbocycles. The van der Waals surface area contributed by atoms with Crippen molar-refractivity contribution in [3.63, 3.8) is 0 Å². The summed E-state index contributed by atoms with van der Waals surface area (Å²) in [5, 5.41) is 19.9. The van der Waals surface area contributed by atoms with Gasteiger partial charge in [-0.25, -0.2) is 0 Å². The molecule has 128 valence electrons. The zero-order valence-corrected chi connectivity index (χ0v) is 14.6. The molecule has 2 N–H and O–H groups in total. The minimum absolute atomic E-state index is 0.211. The Morgan fingerprint density at radius 1 is 0.680 bits per heavy atom. The molecule has 3 aromatic rings. The van der Waals surface area contributed by atoms with Crippen molar-refractivity contribution in [2.24, 2.45) is 0 Å². The molecule has 2 unspecified atom stereocenters. The lowest BCUT2D eigenvalue weighted by molar-refractivity contribution is 0.0338. The molecule has 0 heterocycles. The van der Waals surface area contributed by atoms with E-state index < -0.39 is 12.2 Å². The van der Waals surface area contributed by atoms with Gasteiger partial charge in [0.05, 0.1) is 6.10 Å². The predicted octanol–water partition coefficient (Wildman–Crippen LogP) is 4.48. The highest BCUT2D eigenvalue weighted by Crippen LogP contribution is 2.34. The molecule has 0 amide bonds. The molecule has 3 aromatic carbocycles. The van der Waals surface area contributed by atoms with Crippen LogP contribution in [0.25, 0.3) is 0 Å². The Kier molecular flexibility index (Phi) is 5.76. The number of nitrogens with zero attached hydrogens (tertiary/aromatic N) is 1. The average Bonchev–Trinajstić information content (AvgIpc) is 2.69. The fraction of sp³-hybridized carbons (Fsp3) is 0.143.